The standard InChI is InChI=1S/C17H16/c1-2-10-15-13-8-3-4-9-14(13)16-11-5-7-12(6-1)17(15)16/h1-2,5-7,10-11,15H,3-4,8-9H2. The molecule has 17 heavy (non-hydrogen) atoms. The van der Waals surface area contributed by atoms with Gasteiger partial charge in [0.05, 0.1) is 0 Å². The first kappa shape index (κ1) is 9.47. The summed E-state index contributed by atoms with van der Waals surface area (Å²) >= 11 is 0. The quantitative estimate of drug-likeness (QED) is 0.594. The lowest BCUT2D eigenvalue weighted by molar-refractivity contribution is 0.698. The molecule has 3 aliphatic carbocycles. The number of rotatable bonds is 0. The number of allylic oxidation sites excluding steroid dienone is 5. The predicted molar refractivity (Wildman–Crippen MR) is 72.7 cm³/mol. The molecule has 0 heterocycles. The normalized spacial score (nSPS) is 24.6. The lowest BCUT2D eigenvalue weighted by Gasteiger charge is -2.17. The highest BCUT2D eigenvalue weighted by molar-refractivity contribution is 5.83. The van der Waals surface area contributed by atoms with Crippen LogP contribution in [-0.2, 0) is 0 Å². The number of hydrogen-bond acceptors (Lipinski definition) is 0. The van der Waals surface area contributed by atoms with E-state index in [9.17, 15) is 0 Å². The Hall–Kier alpha value is -1.56. The molecule has 0 amide bonds. The molecule has 84 valence electrons. The minimum Gasteiger partial charge on any atom is -0.0729 e. The van der Waals surface area contributed by atoms with E-state index in [1.807, 2.05) is 0 Å². The molecule has 0 saturated carbocycles. The van der Waals surface area contributed by atoms with Gasteiger partial charge in [-0.3, -0.25) is 0 Å². The van der Waals surface area contributed by atoms with Crippen LogP contribution in [0.2, 0.25) is 0 Å². The Morgan fingerprint density at radius 3 is 2.94 bits per heavy atom. The summed E-state index contributed by atoms with van der Waals surface area (Å²) in [5.41, 5.74) is 7.91. The molecule has 0 aromatic heterocycles. The van der Waals surface area contributed by atoms with E-state index in [-0.39, 0.29) is 0 Å². The van der Waals surface area contributed by atoms with Crippen LogP contribution in [0.4, 0.5) is 0 Å². The molecular formula is C17H16. The van der Waals surface area contributed by atoms with Gasteiger partial charge in [0.1, 0.15) is 0 Å². The van der Waals surface area contributed by atoms with Gasteiger partial charge in [0, 0.05) is 5.92 Å². The monoisotopic (exact) mass is 220 g/mol. The van der Waals surface area contributed by atoms with E-state index in [1.165, 1.54) is 31.2 Å². The third kappa shape index (κ3) is 1.24. The van der Waals surface area contributed by atoms with E-state index in [0.29, 0.717) is 5.92 Å². The highest BCUT2D eigenvalue weighted by Gasteiger charge is 2.32. The zero-order valence-corrected chi connectivity index (χ0v) is 9.95. The van der Waals surface area contributed by atoms with Crippen LogP contribution >= 0.6 is 0 Å². The molecule has 4 rings (SSSR count). The second-order valence-corrected chi connectivity index (χ2v) is 5.24. The number of benzene rings is 1. The van der Waals surface area contributed by atoms with Gasteiger partial charge in [-0.25, -0.2) is 0 Å². The van der Waals surface area contributed by atoms with Crippen LogP contribution in [0, 0.1) is 0 Å². The molecule has 0 bridgehead atoms. The summed E-state index contributed by atoms with van der Waals surface area (Å²) in [5, 5.41) is 0. The Kier molecular flexibility index (Phi) is 1.93. The Balaban J connectivity index is 2.01. The van der Waals surface area contributed by atoms with Crippen LogP contribution in [0.5, 0.6) is 0 Å². The van der Waals surface area contributed by atoms with Crippen molar-refractivity contribution in [2.75, 3.05) is 0 Å². The van der Waals surface area contributed by atoms with Crippen LogP contribution < -0.4 is 0 Å². The summed E-state index contributed by atoms with van der Waals surface area (Å²) in [4.78, 5) is 0. The van der Waals surface area contributed by atoms with Crippen molar-refractivity contribution in [2.24, 2.45) is 0 Å². The average Bonchev–Trinajstić information content (AvgIpc) is 2.56. The maximum Gasteiger partial charge on any atom is 0.0249 e. The number of hydrogen-bond donors (Lipinski definition) is 0. The van der Waals surface area contributed by atoms with Crippen LogP contribution in [0.15, 0.2) is 42.0 Å². The first-order chi connectivity index (χ1) is 8.45. The van der Waals surface area contributed by atoms with Gasteiger partial charge in [-0.05, 0) is 47.9 Å². The highest BCUT2D eigenvalue weighted by Crippen LogP contribution is 2.50. The van der Waals surface area contributed by atoms with Crippen LogP contribution in [0.3, 0.4) is 0 Å². The third-order valence-electron chi connectivity index (χ3n) is 4.35. The summed E-state index contributed by atoms with van der Waals surface area (Å²) in [7, 11) is 0. The summed E-state index contributed by atoms with van der Waals surface area (Å²) < 4.78 is 0. The minimum absolute atomic E-state index is 0.575. The zero-order chi connectivity index (χ0) is 11.2. The van der Waals surface area contributed by atoms with Crippen LogP contribution in [0.1, 0.15) is 48.3 Å². The molecule has 1 aromatic rings. The van der Waals surface area contributed by atoms with Crippen molar-refractivity contribution in [1.82, 2.24) is 0 Å². The topological polar surface area (TPSA) is 0 Å². The largest absolute Gasteiger partial charge is 0.0729 e. The van der Waals surface area contributed by atoms with Crippen molar-refractivity contribution in [3.05, 3.63) is 58.7 Å². The van der Waals surface area contributed by atoms with Crippen molar-refractivity contribution in [1.29, 1.82) is 0 Å². The van der Waals surface area contributed by atoms with Gasteiger partial charge in [0.15, 0.2) is 0 Å². The van der Waals surface area contributed by atoms with Gasteiger partial charge in [0.2, 0.25) is 0 Å². The van der Waals surface area contributed by atoms with Crippen molar-refractivity contribution < 1.29 is 0 Å². The fourth-order valence-electron chi connectivity index (χ4n) is 3.64. The van der Waals surface area contributed by atoms with Gasteiger partial charge in [-0.15, -0.1) is 0 Å². The molecule has 0 spiro atoms. The molecule has 1 aromatic carbocycles. The van der Waals surface area contributed by atoms with Crippen LogP contribution in [-0.4, -0.2) is 0 Å². The Labute approximate surface area is 102 Å². The smallest absolute Gasteiger partial charge is 0.0249 e. The molecule has 0 aliphatic heterocycles. The molecule has 0 saturated heterocycles. The maximum absolute atomic E-state index is 2.39. The summed E-state index contributed by atoms with van der Waals surface area (Å²) in [6.45, 7) is 0. The average molecular weight is 220 g/mol. The summed E-state index contributed by atoms with van der Waals surface area (Å²) in [6, 6.07) is 6.80. The molecular weight excluding hydrogens is 204 g/mol. The zero-order valence-electron chi connectivity index (χ0n) is 9.95. The Morgan fingerprint density at radius 2 is 1.94 bits per heavy atom. The van der Waals surface area contributed by atoms with Gasteiger partial charge < -0.3 is 0 Å². The van der Waals surface area contributed by atoms with Crippen molar-refractivity contribution in [3.8, 4) is 0 Å². The van der Waals surface area contributed by atoms with E-state index < -0.39 is 0 Å². The van der Waals surface area contributed by atoms with E-state index in [1.54, 1.807) is 22.3 Å². The van der Waals surface area contributed by atoms with Crippen molar-refractivity contribution >= 4 is 11.6 Å². The molecule has 0 N–H and O–H groups in total. The van der Waals surface area contributed by atoms with E-state index >= 15 is 0 Å². The van der Waals surface area contributed by atoms with E-state index in [4.69, 9.17) is 0 Å². The van der Waals surface area contributed by atoms with Gasteiger partial charge >= 0.3 is 0 Å². The van der Waals surface area contributed by atoms with Crippen molar-refractivity contribution in [2.45, 2.75) is 31.6 Å². The highest BCUT2D eigenvalue weighted by atomic mass is 14.4. The SMILES string of the molecule is C1=Cc2cccc3c2C(C=C1)C1=C3CCCC1. The summed E-state index contributed by atoms with van der Waals surface area (Å²) in [6.07, 6.45) is 14.4. The van der Waals surface area contributed by atoms with Gasteiger partial charge in [-0.1, -0.05) is 48.1 Å². The second kappa shape index (κ2) is 3.46. The molecule has 0 heteroatoms. The van der Waals surface area contributed by atoms with Gasteiger partial charge in [0.25, 0.3) is 0 Å². The molecule has 0 nitrogen and oxygen atoms in total. The lowest BCUT2D eigenvalue weighted by Crippen LogP contribution is -1.99. The fraction of sp³-hybridized carbons (Fsp3) is 0.294. The lowest BCUT2D eigenvalue weighted by atomic mass is 9.87. The molecule has 1 atom stereocenters. The van der Waals surface area contributed by atoms with Gasteiger partial charge in [-0.2, -0.15) is 0 Å². The minimum atomic E-state index is 0.575. The maximum atomic E-state index is 2.39. The van der Waals surface area contributed by atoms with Crippen LogP contribution in [0.25, 0.3) is 11.6 Å². The van der Waals surface area contributed by atoms with E-state index in [2.05, 4.69) is 42.5 Å². The first-order valence-corrected chi connectivity index (χ1v) is 6.65. The third-order valence-corrected chi connectivity index (χ3v) is 4.35. The number of fused-ring (bicyclic) bond motifs is 2. The molecule has 0 fully saturated rings. The fourth-order valence-corrected chi connectivity index (χ4v) is 3.64. The second-order valence-electron chi connectivity index (χ2n) is 5.24. The summed E-state index contributed by atoms with van der Waals surface area (Å²) in [5.74, 6) is 0.575. The van der Waals surface area contributed by atoms with E-state index in [0.717, 1.165) is 0 Å². The molecule has 0 radical (unpaired) electrons. The first-order valence-electron chi connectivity index (χ1n) is 6.65. The molecule has 1 unspecified atom stereocenters. The van der Waals surface area contributed by atoms with Crippen molar-refractivity contribution in [3.63, 3.8) is 0 Å². The molecule has 3 aliphatic rings. The Morgan fingerprint density at radius 1 is 1.00 bits per heavy atom. The predicted octanol–water partition coefficient (Wildman–Crippen LogP) is 4.69. The Bertz CT molecular complexity index is 570.